The number of thiazole rings is 1. The quantitative estimate of drug-likeness (QED) is 0.518. The van der Waals surface area contributed by atoms with Gasteiger partial charge in [0.25, 0.3) is 5.91 Å². The molecule has 4 aromatic rings. The molecule has 0 spiro atoms. The van der Waals surface area contributed by atoms with E-state index in [0.29, 0.717) is 16.7 Å². The predicted octanol–water partition coefficient (Wildman–Crippen LogP) is 5.19. The number of fused-ring (bicyclic) bond motifs is 1. The van der Waals surface area contributed by atoms with E-state index in [1.54, 1.807) is 18.2 Å². The first-order valence-electron chi connectivity index (χ1n) is 9.16. The summed E-state index contributed by atoms with van der Waals surface area (Å²) in [7, 11) is 0. The number of furan rings is 1. The van der Waals surface area contributed by atoms with Crippen LogP contribution in [0.4, 0.5) is 5.13 Å². The van der Waals surface area contributed by atoms with Crippen LogP contribution in [-0.4, -0.2) is 16.0 Å². The Bertz CT molecular complexity index is 1130. The molecule has 140 valence electrons. The van der Waals surface area contributed by atoms with Gasteiger partial charge in [-0.2, -0.15) is 0 Å². The van der Waals surface area contributed by atoms with Crippen molar-refractivity contribution in [3.8, 4) is 22.8 Å². The number of carbonyl (C=O) groups is 1. The Labute approximate surface area is 165 Å². The van der Waals surface area contributed by atoms with Gasteiger partial charge in [-0.1, -0.05) is 17.3 Å². The molecule has 0 radical (unpaired) electrons. The van der Waals surface area contributed by atoms with Crippen LogP contribution in [0.25, 0.3) is 22.8 Å². The Balaban J connectivity index is 1.32. The average molecular weight is 391 g/mol. The molecular formula is C21H17N3O3S. The normalized spacial score (nSPS) is 13.3. The fourth-order valence-corrected chi connectivity index (χ4v) is 4.15. The third-order valence-electron chi connectivity index (χ3n) is 4.88. The first-order chi connectivity index (χ1) is 13.8. The van der Waals surface area contributed by atoms with Crippen molar-refractivity contribution in [2.45, 2.75) is 25.7 Å². The molecule has 3 heterocycles. The highest BCUT2D eigenvalue weighted by Crippen LogP contribution is 2.30. The first kappa shape index (κ1) is 16.9. The summed E-state index contributed by atoms with van der Waals surface area (Å²) in [5.41, 5.74) is 4.98. The van der Waals surface area contributed by atoms with Crippen LogP contribution in [0.2, 0.25) is 0 Å². The van der Waals surface area contributed by atoms with Crippen molar-refractivity contribution in [3.63, 3.8) is 0 Å². The molecule has 0 aliphatic heterocycles. The van der Waals surface area contributed by atoms with Gasteiger partial charge in [0.1, 0.15) is 0 Å². The molecule has 0 bridgehead atoms. The third-order valence-corrected chi connectivity index (χ3v) is 5.63. The minimum atomic E-state index is -0.368. The number of amides is 1. The maximum absolute atomic E-state index is 12.4. The number of carbonyl (C=O) groups excluding carboxylic acids is 1. The van der Waals surface area contributed by atoms with Crippen molar-refractivity contribution in [2.75, 3.05) is 5.32 Å². The van der Waals surface area contributed by atoms with Crippen LogP contribution < -0.4 is 5.32 Å². The zero-order chi connectivity index (χ0) is 18.9. The van der Waals surface area contributed by atoms with Crippen molar-refractivity contribution in [1.82, 2.24) is 10.1 Å². The summed E-state index contributed by atoms with van der Waals surface area (Å²) >= 11 is 1.39. The average Bonchev–Trinajstić information content (AvgIpc) is 3.48. The molecule has 0 fully saturated rings. The standard InChI is InChI=1S/C21H17N3O3S/c25-20(16-11-19(27-24-16)18-6-3-9-26-18)23-21-22-17(12-28-21)15-8-7-13-4-1-2-5-14(13)10-15/h3,6-12H,1-2,4-5H2,(H,22,23,25). The Morgan fingerprint density at radius 3 is 2.82 bits per heavy atom. The SMILES string of the molecule is O=C(Nc1nc(-c2ccc3c(c2)CCCC3)cs1)c1cc(-c2ccco2)on1. The second kappa shape index (κ2) is 7.09. The zero-order valence-electron chi connectivity index (χ0n) is 15.0. The van der Waals surface area contributed by atoms with E-state index in [4.69, 9.17) is 8.94 Å². The van der Waals surface area contributed by atoms with E-state index in [0.717, 1.165) is 24.1 Å². The second-order valence-electron chi connectivity index (χ2n) is 6.74. The molecule has 7 heteroatoms. The Morgan fingerprint density at radius 1 is 1.07 bits per heavy atom. The molecule has 0 saturated carbocycles. The fourth-order valence-electron chi connectivity index (χ4n) is 3.43. The largest absolute Gasteiger partial charge is 0.461 e. The number of anilines is 1. The van der Waals surface area contributed by atoms with E-state index in [2.05, 4.69) is 33.7 Å². The molecule has 0 unspecified atom stereocenters. The highest BCUT2D eigenvalue weighted by atomic mass is 32.1. The molecule has 5 rings (SSSR count). The van der Waals surface area contributed by atoms with Gasteiger partial charge >= 0.3 is 0 Å². The predicted molar refractivity (Wildman–Crippen MR) is 106 cm³/mol. The maximum Gasteiger partial charge on any atom is 0.279 e. The number of aromatic nitrogens is 2. The lowest BCUT2D eigenvalue weighted by Gasteiger charge is -2.16. The van der Waals surface area contributed by atoms with Crippen molar-refractivity contribution in [1.29, 1.82) is 0 Å². The minimum absolute atomic E-state index is 0.178. The van der Waals surface area contributed by atoms with Crippen LogP contribution in [0.3, 0.4) is 0 Å². The van der Waals surface area contributed by atoms with Gasteiger partial charge in [-0.05, 0) is 55.0 Å². The number of hydrogen-bond donors (Lipinski definition) is 1. The molecule has 1 aliphatic carbocycles. The van der Waals surface area contributed by atoms with E-state index in [1.165, 1.54) is 41.6 Å². The van der Waals surface area contributed by atoms with Crippen LogP contribution in [0.1, 0.15) is 34.5 Å². The number of nitrogens with one attached hydrogen (secondary N) is 1. The summed E-state index contributed by atoms with van der Waals surface area (Å²) in [6.45, 7) is 0. The number of hydrogen-bond acceptors (Lipinski definition) is 6. The summed E-state index contributed by atoms with van der Waals surface area (Å²) in [6, 6.07) is 11.6. The monoisotopic (exact) mass is 391 g/mol. The number of benzene rings is 1. The second-order valence-corrected chi connectivity index (χ2v) is 7.59. The molecule has 0 saturated heterocycles. The summed E-state index contributed by atoms with van der Waals surface area (Å²) in [4.78, 5) is 17.0. The summed E-state index contributed by atoms with van der Waals surface area (Å²) in [5.74, 6) is 0.562. The van der Waals surface area contributed by atoms with E-state index in [1.807, 2.05) is 5.38 Å². The Hall–Kier alpha value is -3.19. The van der Waals surface area contributed by atoms with Crippen molar-refractivity contribution in [2.24, 2.45) is 0 Å². The third kappa shape index (κ3) is 3.25. The van der Waals surface area contributed by atoms with Crippen molar-refractivity contribution < 1.29 is 13.7 Å². The molecular weight excluding hydrogens is 374 g/mol. The molecule has 1 aliphatic rings. The smallest absolute Gasteiger partial charge is 0.279 e. The fraction of sp³-hybridized carbons (Fsp3) is 0.190. The topological polar surface area (TPSA) is 81.2 Å². The van der Waals surface area contributed by atoms with Gasteiger partial charge in [0.2, 0.25) is 5.76 Å². The molecule has 3 aromatic heterocycles. The van der Waals surface area contributed by atoms with Crippen LogP contribution >= 0.6 is 11.3 Å². The highest BCUT2D eigenvalue weighted by Gasteiger charge is 2.17. The van der Waals surface area contributed by atoms with E-state index >= 15 is 0 Å². The summed E-state index contributed by atoms with van der Waals surface area (Å²) in [5, 5.41) is 9.08. The summed E-state index contributed by atoms with van der Waals surface area (Å²) < 4.78 is 10.4. The van der Waals surface area contributed by atoms with Gasteiger partial charge in [0.05, 0.1) is 12.0 Å². The Morgan fingerprint density at radius 2 is 1.96 bits per heavy atom. The van der Waals surface area contributed by atoms with Crippen LogP contribution in [0, 0.1) is 0 Å². The van der Waals surface area contributed by atoms with Gasteiger partial charge < -0.3 is 8.94 Å². The van der Waals surface area contributed by atoms with Crippen molar-refractivity contribution in [3.05, 3.63) is 64.9 Å². The molecule has 1 N–H and O–H groups in total. The number of aryl methyl sites for hydroxylation is 2. The Kier molecular flexibility index (Phi) is 4.29. The summed E-state index contributed by atoms with van der Waals surface area (Å²) in [6.07, 6.45) is 6.33. The van der Waals surface area contributed by atoms with Gasteiger partial charge in [0, 0.05) is 17.0 Å². The number of rotatable bonds is 4. The van der Waals surface area contributed by atoms with Gasteiger partial charge in [-0.15, -0.1) is 11.3 Å². The van der Waals surface area contributed by atoms with Crippen LogP contribution in [0.5, 0.6) is 0 Å². The van der Waals surface area contributed by atoms with E-state index in [9.17, 15) is 4.79 Å². The van der Waals surface area contributed by atoms with E-state index in [-0.39, 0.29) is 11.6 Å². The molecule has 1 amide bonds. The molecule has 0 atom stereocenters. The van der Waals surface area contributed by atoms with Gasteiger partial charge in [-0.25, -0.2) is 4.98 Å². The van der Waals surface area contributed by atoms with Crippen LogP contribution in [-0.2, 0) is 12.8 Å². The first-order valence-corrected chi connectivity index (χ1v) is 10.0. The minimum Gasteiger partial charge on any atom is -0.461 e. The maximum atomic E-state index is 12.4. The molecule has 6 nitrogen and oxygen atoms in total. The molecule has 28 heavy (non-hydrogen) atoms. The van der Waals surface area contributed by atoms with E-state index < -0.39 is 0 Å². The van der Waals surface area contributed by atoms with Gasteiger partial charge in [0.15, 0.2) is 16.6 Å². The number of nitrogens with zero attached hydrogens (tertiary/aromatic N) is 2. The van der Waals surface area contributed by atoms with Crippen molar-refractivity contribution >= 4 is 22.4 Å². The van der Waals surface area contributed by atoms with Crippen LogP contribution in [0.15, 0.2) is 57.0 Å². The van der Waals surface area contributed by atoms with Gasteiger partial charge in [-0.3, -0.25) is 10.1 Å². The lowest BCUT2D eigenvalue weighted by Crippen LogP contribution is -2.11. The highest BCUT2D eigenvalue weighted by molar-refractivity contribution is 7.14. The lowest BCUT2D eigenvalue weighted by molar-refractivity contribution is 0.101. The molecule has 1 aromatic carbocycles. The lowest BCUT2D eigenvalue weighted by atomic mass is 9.90. The zero-order valence-corrected chi connectivity index (χ0v) is 15.8.